The Morgan fingerprint density at radius 3 is 2.68 bits per heavy atom. The lowest BCUT2D eigenvalue weighted by Crippen LogP contribution is -2.11. The minimum absolute atomic E-state index is 0.0698. The number of halogens is 1. The van der Waals surface area contributed by atoms with Crippen LogP contribution in [0.2, 0.25) is 0 Å². The average molecular weight is 462 g/mol. The number of aliphatic hydroxyl groups excluding tert-OH is 1. The molecule has 2 aromatic heterocycles. The second kappa shape index (κ2) is 8.81. The normalized spacial score (nSPS) is 11.8. The SMILES string of the molecule is CC(=NCCCO)Nc1c(C(=O)O)sc2nc(-c3ccc(Br)cc3)cc(C)c12. The predicted molar refractivity (Wildman–Crippen MR) is 118 cm³/mol. The van der Waals surface area contributed by atoms with Gasteiger partial charge in [0.25, 0.3) is 0 Å². The highest BCUT2D eigenvalue weighted by molar-refractivity contribution is 9.10. The van der Waals surface area contributed by atoms with Crippen molar-refractivity contribution in [2.24, 2.45) is 4.99 Å². The van der Waals surface area contributed by atoms with Gasteiger partial charge in [-0.25, -0.2) is 9.78 Å². The van der Waals surface area contributed by atoms with Gasteiger partial charge in [-0.2, -0.15) is 0 Å². The monoisotopic (exact) mass is 461 g/mol. The smallest absolute Gasteiger partial charge is 0.348 e. The van der Waals surface area contributed by atoms with E-state index in [-0.39, 0.29) is 11.5 Å². The van der Waals surface area contributed by atoms with Gasteiger partial charge in [-0.15, -0.1) is 11.3 Å². The molecule has 3 aromatic rings. The van der Waals surface area contributed by atoms with Crippen molar-refractivity contribution < 1.29 is 15.0 Å². The van der Waals surface area contributed by atoms with E-state index in [1.165, 1.54) is 0 Å². The van der Waals surface area contributed by atoms with Crippen molar-refractivity contribution in [2.45, 2.75) is 20.3 Å². The highest BCUT2D eigenvalue weighted by Gasteiger charge is 2.21. The maximum Gasteiger partial charge on any atom is 0.348 e. The lowest BCUT2D eigenvalue weighted by Gasteiger charge is -2.09. The zero-order valence-electron chi connectivity index (χ0n) is 15.5. The number of carboxylic acid groups (broad SMARTS) is 1. The second-order valence-electron chi connectivity index (χ2n) is 6.29. The summed E-state index contributed by atoms with van der Waals surface area (Å²) in [5.74, 6) is -0.398. The number of nitrogens with one attached hydrogen (secondary N) is 1. The van der Waals surface area contributed by atoms with E-state index in [0.29, 0.717) is 29.3 Å². The van der Waals surface area contributed by atoms with Crippen molar-refractivity contribution in [3.63, 3.8) is 0 Å². The van der Waals surface area contributed by atoms with Crippen LogP contribution in [-0.4, -0.2) is 40.2 Å². The fourth-order valence-corrected chi connectivity index (χ4v) is 4.17. The molecule has 6 nitrogen and oxygen atoms in total. The Balaban J connectivity index is 2.08. The molecule has 146 valence electrons. The van der Waals surface area contributed by atoms with E-state index in [4.69, 9.17) is 10.1 Å². The number of nitrogens with zero attached hydrogens (tertiary/aromatic N) is 2. The van der Waals surface area contributed by atoms with E-state index >= 15 is 0 Å². The Hall–Kier alpha value is -2.29. The summed E-state index contributed by atoms with van der Waals surface area (Å²) < 4.78 is 0.987. The van der Waals surface area contributed by atoms with Gasteiger partial charge in [-0.1, -0.05) is 28.1 Å². The third-order valence-electron chi connectivity index (χ3n) is 4.16. The second-order valence-corrected chi connectivity index (χ2v) is 8.21. The number of anilines is 1. The molecule has 2 heterocycles. The summed E-state index contributed by atoms with van der Waals surface area (Å²) in [6.07, 6.45) is 0.562. The molecule has 0 aliphatic heterocycles. The molecular weight excluding hydrogens is 442 g/mol. The standard InChI is InChI=1S/C20H20BrN3O3S/c1-11-10-15(13-4-6-14(21)7-5-13)24-19-16(11)17(18(28-19)20(26)27)23-12(2)22-8-3-9-25/h4-7,10,25H,3,8-9H2,1-2H3,(H,22,23)(H,26,27). The van der Waals surface area contributed by atoms with Crippen molar-refractivity contribution in [1.29, 1.82) is 0 Å². The number of aromatic nitrogens is 1. The Morgan fingerprint density at radius 2 is 2.04 bits per heavy atom. The number of pyridine rings is 1. The average Bonchev–Trinajstić information content (AvgIpc) is 3.01. The number of carboxylic acids is 1. The summed E-state index contributed by atoms with van der Waals surface area (Å²) in [5, 5.41) is 22.5. The van der Waals surface area contributed by atoms with Crippen LogP contribution in [0.1, 0.15) is 28.6 Å². The third-order valence-corrected chi connectivity index (χ3v) is 5.76. The number of benzene rings is 1. The first-order valence-electron chi connectivity index (χ1n) is 8.73. The van der Waals surface area contributed by atoms with Crippen LogP contribution in [0.25, 0.3) is 21.5 Å². The number of hydrogen-bond donors (Lipinski definition) is 3. The van der Waals surface area contributed by atoms with E-state index in [0.717, 1.165) is 38.0 Å². The van der Waals surface area contributed by atoms with E-state index in [1.54, 1.807) is 6.92 Å². The number of aliphatic imine (C=N–C) groups is 1. The zero-order chi connectivity index (χ0) is 20.3. The topological polar surface area (TPSA) is 94.8 Å². The van der Waals surface area contributed by atoms with Gasteiger partial charge < -0.3 is 15.5 Å². The predicted octanol–water partition coefficient (Wildman–Crippen LogP) is 4.95. The Kier molecular flexibility index (Phi) is 6.43. The molecule has 0 aliphatic rings. The van der Waals surface area contributed by atoms with Gasteiger partial charge in [0.15, 0.2) is 0 Å². The molecule has 3 rings (SSSR count). The molecule has 0 radical (unpaired) electrons. The number of aliphatic hydroxyl groups is 1. The Morgan fingerprint density at radius 1 is 1.32 bits per heavy atom. The Labute approximate surface area is 175 Å². The van der Waals surface area contributed by atoms with Gasteiger partial charge in [-0.3, -0.25) is 4.99 Å². The minimum Gasteiger partial charge on any atom is -0.477 e. The van der Waals surface area contributed by atoms with Gasteiger partial charge in [0.05, 0.1) is 17.2 Å². The summed E-state index contributed by atoms with van der Waals surface area (Å²) in [7, 11) is 0. The molecule has 0 aliphatic carbocycles. The molecular formula is C20H20BrN3O3S. The van der Waals surface area contributed by atoms with E-state index in [9.17, 15) is 9.90 Å². The summed E-state index contributed by atoms with van der Waals surface area (Å²) in [6, 6.07) is 9.81. The quantitative estimate of drug-likeness (QED) is 0.274. The first-order chi connectivity index (χ1) is 13.4. The fourth-order valence-electron chi connectivity index (χ4n) is 2.86. The molecule has 0 unspecified atom stereocenters. The molecule has 8 heteroatoms. The maximum atomic E-state index is 11.8. The zero-order valence-corrected chi connectivity index (χ0v) is 17.9. The molecule has 0 atom stereocenters. The molecule has 0 amide bonds. The molecule has 0 fully saturated rings. The molecule has 28 heavy (non-hydrogen) atoms. The van der Waals surface area contributed by atoms with Gasteiger partial charge in [0, 0.05) is 28.6 Å². The number of hydrogen-bond acceptors (Lipinski definition) is 5. The van der Waals surface area contributed by atoms with Crippen LogP contribution >= 0.6 is 27.3 Å². The largest absolute Gasteiger partial charge is 0.477 e. The number of amidine groups is 1. The lowest BCUT2D eigenvalue weighted by molar-refractivity contribution is 0.0703. The van der Waals surface area contributed by atoms with Gasteiger partial charge in [0.1, 0.15) is 9.71 Å². The van der Waals surface area contributed by atoms with Crippen LogP contribution in [0.3, 0.4) is 0 Å². The summed E-state index contributed by atoms with van der Waals surface area (Å²) >= 11 is 4.58. The van der Waals surface area contributed by atoms with Crippen LogP contribution < -0.4 is 5.32 Å². The number of thiophene rings is 1. The summed E-state index contributed by atoms with van der Waals surface area (Å²) in [6.45, 7) is 4.28. The molecule has 3 N–H and O–H groups in total. The molecule has 0 saturated heterocycles. The number of aromatic carboxylic acids is 1. The van der Waals surface area contributed by atoms with Crippen molar-refractivity contribution in [3.8, 4) is 11.3 Å². The first-order valence-corrected chi connectivity index (χ1v) is 10.3. The van der Waals surface area contributed by atoms with Crippen molar-refractivity contribution in [2.75, 3.05) is 18.5 Å². The van der Waals surface area contributed by atoms with Crippen LogP contribution in [-0.2, 0) is 0 Å². The van der Waals surface area contributed by atoms with Crippen LogP contribution in [0.5, 0.6) is 0 Å². The highest BCUT2D eigenvalue weighted by Crippen LogP contribution is 2.38. The van der Waals surface area contributed by atoms with E-state index in [2.05, 4.69) is 26.2 Å². The number of fused-ring (bicyclic) bond motifs is 1. The van der Waals surface area contributed by atoms with Gasteiger partial charge in [-0.05, 0) is 44.0 Å². The van der Waals surface area contributed by atoms with Gasteiger partial charge >= 0.3 is 5.97 Å². The molecule has 0 saturated carbocycles. The number of carbonyl (C=O) groups is 1. The number of rotatable bonds is 6. The minimum atomic E-state index is -1.00. The molecule has 0 bridgehead atoms. The summed E-state index contributed by atoms with van der Waals surface area (Å²) in [5.41, 5.74) is 3.23. The Bertz CT molecular complexity index is 1050. The van der Waals surface area contributed by atoms with Crippen LogP contribution in [0.15, 0.2) is 39.8 Å². The van der Waals surface area contributed by atoms with E-state index in [1.807, 2.05) is 37.3 Å². The van der Waals surface area contributed by atoms with Gasteiger partial charge in [0.2, 0.25) is 0 Å². The maximum absolute atomic E-state index is 11.8. The molecule has 1 aromatic carbocycles. The highest BCUT2D eigenvalue weighted by atomic mass is 79.9. The fraction of sp³-hybridized carbons (Fsp3) is 0.250. The van der Waals surface area contributed by atoms with Crippen molar-refractivity contribution in [3.05, 3.63) is 45.2 Å². The summed E-state index contributed by atoms with van der Waals surface area (Å²) in [4.78, 5) is 21.7. The van der Waals surface area contributed by atoms with E-state index < -0.39 is 5.97 Å². The lowest BCUT2D eigenvalue weighted by atomic mass is 10.1. The third kappa shape index (κ3) is 4.40. The van der Waals surface area contributed by atoms with Crippen molar-refractivity contribution in [1.82, 2.24) is 4.98 Å². The van der Waals surface area contributed by atoms with Crippen LogP contribution in [0, 0.1) is 6.92 Å². The first kappa shape index (κ1) is 20.4. The number of aryl methyl sites for hydroxylation is 1. The molecule has 0 spiro atoms. The van der Waals surface area contributed by atoms with Crippen LogP contribution in [0.4, 0.5) is 5.69 Å². The van der Waals surface area contributed by atoms with Crippen molar-refractivity contribution >= 4 is 55.0 Å².